The smallest absolute Gasteiger partial charge is 0.320 e. The fraction of sp³-hybridized carbons (Fsp3) is 0.611. The predicted molar refractivity (Wildman–Crippen MR) is 103 cm³/mol. The van der Waals surface area contributed by atoms with E-state index in [-0.39, 0.29) is 35.3 Å². The molecule has 0 radical (unpaired) electrons. The third-order valence-electron chi connectivity index (χ3n) is 4.03. The molecule has 2 heterocycles. The van der Waals surface area contributed by atoms with Crippen LogP contribution >= 0.6 is 0 Å². The molecule has 0 saturated carbocycles. The first-order valence-corrected chi connectivity index (χ1v) is 8.89. The van der Waals surface area contributed by atoms with E-state index in [4.69, 9.17) is 0 Å². The van der Waals surface area contributed by atoms with E-state index < -0.39 is 0 Å². The molecule has 0 saturated heterocycles. The van der Waals surface area contributed by atoms with E-state index in [1.54, 1.807) is 6.07 Å². The monoisotopic (exact) mass is 360 g/mol. The van der Waals surface area contributed by atoms with E-state index in [1.807, 2.05) is 48.5 Å². The Balaban J connectivity index is 2.45. The van der Waals surface area contributed by atoms with Crippen LogP contribution in [-0.4, -0.2) is 39.4 Å². The molecule has 142 valence electrons. The number of aromatic nitrogens is 2. The molecule has 1 unspecified atom stereocenters. The Bertz CT molecular complexity index is 767. The highest BCUT2D eigenvalue weighted by atomic mass is 16.2. The molecule has 8 nitrogen and oxygen atoms in total. The lowest BCUT2D eigenvalue weighted by Gasteiger charge is -2.18. The Morgan fingerprint density at radius 3 is 2.46 bits per heavy atom. The average Bonchev–Trinajstić information content (AvgIpc) is 2.89. The van der Waals surface area contributed by atoms with Gasteiger partial charge in [-0.2, -0.15) is 14.8 Å². The fourth-order valence-corrected chi connectivity index (χ4v) is 2.58. The maximum Gasteiger partial charge on any atom is 0.320 e. The summed E-state index contributed by atoms with van der Waals surface area (Å²) in [6.07, 6.45) is 0.652. The highest BCUT2D eigenvalue weighted by Crippen LogP contribution is 2.25. The molecule has 1 aromatic rings. The molecule has 0 spiro atoms. The summed E-state index contributed by atoms with van der Waals surface area (Å²) in [5.74, 6) is 0.0658. The number of nitrogens with one attached hydrogen (secondary N) is 2. The number of rotatable bonds is 3. The minimum absolute atomic E-state index is 0.00682. The maximum atomic E-state index is 12.3. The van der Waals surface area contributed by atoms with Gasteiger partial charge in [-0.1, -0.05) is 27.7 Å². The summed E-state index contributed by atoms with van der Waals surface area (Å²) in [6.45, 7) is 13.6. The third-order valence-corrected chi connectivity index (χ3v) is 4.03. The molecule has 1 aliphatic rings. The van der Waals surface area contributed by atoms with Crippen molar-refractivity contribution in [3.63, 3.8) is 0 Å². The Kier molecular flexibility index (Phi) is 5.63. The van der Waals surface area contributed by atoms with Crippen LogP contribution in [0.4, 0.5) is 10.6 Å². The maximum absolute atomic E-state index is 12.3. The van der Waals surface area contributed by atoms with Gasteiger partial charge in [-0.3, -0.25) is 10.1 Å². The van der Waals surface area contributed by atoms with Crippen LogP contribution in [-0.2, 0) is 10.2 Å². The van der Waals surface area contributed by atoms with Crippen molar-refractivity contribution in [1.29, 1.82) is 0 Å². The van der Waals surface area contributed by atoms with Crippen molar-refractivity contribution in [3.8, 4) is 0 Å². The number of carbonyl (C=O) groups excluding carboxylic acids is 2. The van der Waals surface area contributed by atoms with Gasteiger partial charge in [0.05, 0.1) is 11.6 Å². The molecule has 26 heavy (non-hydrogen) atoms. The zero-order valence-electron chi connectivity index (χ0n) is 16.5. The minimum Gasteiger partial charge on any atom is -0.336 e. The van der Waals surface area contributed by atoms with Gasteiger partial charge in [0.2, 0.25) is 0 Å². The van der Waals surface area contributed by atoms with Crippen LogP contribution in [0.25, 0.3) is 0 Å². The first kappa shape index (κ1) is 19.8. The van der Waals surface area contributed by atoms with Gasteiger partial charge in [-0.15, -0.1) is 0 Å². The Morgan fingerprint density at radius 1 is 1.31 bits per heavy atom. The number of hydrogen-bond acceptors (Lipinski definition) is 4. The molecule has 8 heteroatoms. The second kappa shape index (κ2) is 7.39. The van der Waals surface area contributed by atoms with E-state index in [2.05, 4.69) is 25.7 Å². The van der Waals surface area contributed by atoms with Crippen LogP contribution in [0.15, 0.2) is 16.1 Å². The van der Waals surface area contributed by atoms with Crippen molar-refractivity contribution in [2.24, 2.45) is 15.9 Å². The topological polar surface area (TPSA) is 101 Å². The molecule has 0 fully saturated rings. The number of nitrogens with zero attached hydrogens (tertiary/aromatic N) is 4. The summed E-state index contributed by atoms with van der Waals surface area (Å²) in [7, 11) is 0. The van der Waals surface area contributed by atoms with Crippen molar-refractivity contribution >= 4 is 29.4 Å². The van der Waals surface area contributed by atoms with Gasteiger partial charge in [0.15, 0.2) is 0 Å². The summed E-state index contributed by atoms with van der Waals surface area (Å²) in [4.78, 5) is 33.0. The van der Waals surface area contributed by atoms with Crippen molar-refractivity contribution in [2.45, 2.75) is 66.3 Å². The predicted octanol–water partition coefficient (Wildman–Crippen LogP) is 2.94. The third kappa shape index (κ3) is 4.36. The van der Waals surface area contributed by atoms with Crippen molar-refractivity contribution in [2.75, 3.05) is 5.32 Å². The van der Waals surface area contributed by atoms with Crippen molar-refractivity contribution in [1.82, 2.24) is 15.1 Å². The first-order valence-electron chi connectivity index (χ1n) is 8.89. The SMILES string of the molecule is CCC1C(=O)N=C(n2nc(C(C)(C)C)cc2NC(=O)NC(C)C)N=C1C. The number of hydrogen-bond donors (Lipinski definition) is 2. The molecule has 2 rings (SSSR count). The number of anilines is 1. The molecular formula is C18H28N6O2. The second-order valence-corrected chi connectivity index (χ2v) is 7.79. The van der Waals surface area contributed by atoms with Crippen LogP contribution in [0.1, 0.15) is 60.6 Å². The first-order chi connectivity index (χ1) is 12.0. The number of urea groups is 1. The summed E-state index contributed by atoms with van der Waals surface area (Å²) in [6, 6.07) is 1.42. The molecule has 1 aromatic heterocycles. The lowest BCUT2D eigenvalue weighted by Crippen LogP contribution is -2.35. The standard InChI is InChI=1S/C18H28N6O2/c1-8-12-11(4)20-16(22-15(12)25)24-14(21-17(26)19-10(2)3)9-13(23-24)18(5,6)7/h9-10,12H,8H2,1-7H3,(H2,19,21,26). The number of amides is 3. The second-order valence-electron chi connectivity index (χ2n) is 7.79. The van der Waals surface area contributed by atoms with Gasteiger partial charge in [-0.25, -0.2) is 9.79 Å². The summed E-state index contributed by atoms with van der Waals surface area (Å²) >= 11 is 0. The van der Waals surface area contributed by atoms with Crippen LogP contribution in [0.2, 0.25) is 0 Å². The molecular weight excluding hydrogens is 332 g/mol. The van der Waals surface area contributed by atoms with Crippen LogP contribution in [0.5, 0.6) is 0 Å². The molecule has 1 aliphatic heterocycles. The van der Waals surface area contributed by atoms with E-state index in [0.717, 1.165) is 5.69 Å². The summed E-state index contributed by atoms with van der Waals surface area (Å²) in [5, 5.41) is 10.1. The van der Waals surface area contributed by atoms with Gasteiger partial charge in [0, 0.05) is 23.2 Å². The lowest BCUT2D eigenvalue weighted by atomic mass is 9.92. The lowest BCUT2D eigenvalue weighted by molar-refractivity contribution is -0.119. The van der Waals surface area contributed by atoms with Crippen molar-refractivity contribution in [3.05, 3.63) is 11.8 Å². The van der Waals surface area contributed by atoms with Crippen LogP contribution < -0.4 is 10.6 Å². The summed E-state index contributed by atoms with van der Waals surface area (Å²) < 4.78 is 1.42. The molecule has 3 amide bonds. The Morgan fingerprint density at radius 2 is 1.96 bits per heavy atom. The van der Waals surface area contributed by atoms with E-state index in [1.165, 1.54) is 4.68 Å². The van der Waals surface area contributed by atoms with Gasteiger partial charge in [0.1, 0.15) is 5.82 Å². The Labute approximate surface area is 154 Å². The number of carbonyl (C=O) groups is 2. The van der Waals surface area contributed by atoms with Gasteiger partial charge < -0.3 is 5.32 Å². The highest BCUT2D eigenvalue weighted by molar-refractivity contribution is 6.15. The molecule has 0 aromatic carbocycles. The molecule has 1 atom stereocenters. The quantitative estimate of drug-likeness (QED) is 0.866. The molecule has 0 aliphatic carbocycles. The fourth-order valence-electron chi connectivity index (χ4n) is 2.58. The highest BCUT2D eigenvalue weighted by Gasteiger charge is 2.28. The van der Waals surface area contributed by atoms with E-state index in [0.29, 0.717) is 18.0 Å². The summed E-state index contributed by atoms with van der Waals surface area (Å²) in [5.41, 5.74) is 1.23. The van der Waals surface area contributed by atoms with Gasteiger partial charge in [-0.05, 0) is 27.2 Å². The van der Waals surface area contributed by atoms with Crippen molar-refractivity contribution < 1.29 is 9.59 Å². The van der Waals surface area contributed by atoms with Gasteiger partial charge in [0.25, 0.3) is 11.9 Å². The van der Waals surface area contributed by atoms with Crippen LogP contribution in [0, 0.1) is 5.92 Å². The Hall–Kier alpha value is -2.51. The zero-order chi connectivity index (χ0) is 19.6. The van der Waals surface area contributed by atoms with E-state index in [9.17, 15) is 9.59 Å². The minimum atomic E-state index is -0.350. The molecule has 2 N–H and O–H groups in total. The number of aliphatic imine (C=N–C) groups is 2. The molecule has 0 bridgehead atoms. The van der Waals surface area contributed by atoms with Gasteiger partial charge >= 0.3 is 6.03 Å². The van der Waals surface area contributed by atoms with Crippen LogP contribution in [0.3, 0.4) is 0 Å². The average molecular weight is 360 g/mol. The van der Waals surface area contributed by atoms with E-state index >= 15 is 0 Å². The normalized spacial score (nSPS) is 17.8. The zero-order valence-corrected chi connectivity index (χ0v) is 16.5. The largest absolute Gasteiger partial charge is 0.336 e.